The highest BCUT2D eigenvalue weighted by Gasteiger charge is 2.35. The van der Waals surface area contributed by atoms with Crippen molar-refractivity contribution in [1.29, 1.82) is 0 Å². The molecule has 1 aliphatic rings. The van der Waals surface area contributed by atoms with E-state index in [1.54, 1.807) is 32.6 Å². The molecule has 3 aromatic heterocycles. The molecule has 1 saturated heterocycles. The molecule has 17 heteroatoms. The Balaban J connectivity index is 1.14. The number of fused-ring (bicyclic) bond motifs is 1. The van der Waals surface area contributed by atoms with Crippen molar-refractivity contribution < 1.29 is 37.0 Å². The number of pyridine rings is 1. The molecule has 2 N–H and O–H groups in total. The third kappa shape index (κ3) is 8.72. The zero-order chi connectivity index (χ0) is 41.1. The van der Waals surface area contributed by atoms with Gasteiger partial charge in [-0.1, -0.05) is 12.1 Å². The number of methoxy groups -OCH3 is 1. The normalized spacial score (nSPS) is 15.5. The highest BCUT2D eigenvalue weighted by Crippen LogP contribution is 2.37. The van der Waals surface area contributed by atoms with Crippen LogP contribution in [0.25, 0.3) is 16.7 Å². The fourth-order valence-electron chi connectivity index (χ4n) is 6.34. The number of hydrogen-bond donors (Lipinski definition) is 2. The van der Waals surface area contributed by atoms with Gasteiger partial charge in [0.15, 0.2) is 23.0 Å². The monoisotopic (exact) mass is 796 g/mol. The van der Waals surface area contributed by atoms with Gasteiger partial charge >= 0.3 is 6.09 Å². The van der Waals surface area contributed by atoms with E-state index in [2.05, 4.69) is 20.7 Å². The van der Waals surface area contributed by atoms with Crippen molar-refractivity contribution >= 4 is 34.5 Å². The number of aromatic nitrogens is 5. The van der Waals surface area contributed by atoms with Crippen LogP contribution in [0.5, 0.6) is 17.2 Å². The predicted octanol–water partition coefficient (Wildman–Crippen LogP) is 7.12. The van der Waals surface area contributed by atoms with E-state index in [0.717, 1.165) is 28.4 Å². The van der Waals surface area contributed by atoms with E-state index in [4.69, 9.17) is 19.3 Å². The number of likely N-dealkylation sites (tertiary alicyclic amines) is 1. The summed E-state index contributed by atoms with van der Waals surface area (Å²) in [5.74, 6) is -1.32. The van der Waals surface area contributed by atoms with Crippen LogP contribution in [-0.2, 0) is 11.3 Å². The molecule has 1 fully saturated rings. The number of carbonyl (C=O) groups is 2. The molecule has 0 saturated carbocycles. The van der Waals surface area contributed by atoms with Gasteiger partial charge in [-0.2, -0.15) is 14.9 Å². The fraction of sp³-hybridized carbons (Fsp3) is 0.268. The van der Waals surface area contributed by atoms with Crippen LogP contribution in [0.4, 0.5) is 29.5 Å². The van der Waals surface area contributed by atoms with Gasteiger partial charge < -0.3 is 29.7 Å². The van der Waals surface area contributed by atoms with E-state index in [-0.39, 0.29) is 60.3 Å². The van der Waals surface area contributed by atoms with Crippen LogP contribution < -0.4 is 25.7 Å². The molecule has 0 unspecified atom stereocenters. The maximum absolute atomic E-state index is 15.8. The summed E-state index contributed by atoms with van der Waals surface area (Å²) >= 11 is 0. The summed E-state index contributed by atoms with van der Waals surface area (Å²) < 4.78 is 64.3. The minimum absolute atomic E-state index is 0.0284. The Labute approximate surface area is 330 Å². The third-order valence-corrected chi connectivity index (χ3v) is 9.17. The fourth-order valence-corrected chi connectivity index (χ4v) is 6.34. The summed E-state index contributed by atoms with van der Waals surface area (Å²) in [7, 11) is 1.57. The largest absolute Gasteiger partial charge is 0.497 e. The first kappa shape index (κ1) is 39.3. The molecule has 0 radical (unpaired) electrons. The average Bonchev–Trinajstić information content (AvgIpc) is 3.53. The zero-order valence-corrected chi connectivity index (χ0v) is 31.9. The number of nitrogens with zero attached hydrogens (tertiary/aromatic N) is 6. The number of ether oxygens (including phenoxy) is 3. The Bertz CT molecular complexity index is 2520. The van der Waals surface area contributed by atoms with Crippen LogP contribution in [0.15, 0.2) is 96.1 Å². The topological polar surface area (TPSA) is 155 Å². The lowest BCUT2D eigenvalue weighted by atomic mass is 10.0. The number of anilines is 2. The van der Waals surface area contributed by atoms with Gasteiger partial charge in [0.05, 0.1) is 31.9 Å². The molecule has 7 rings (SSSR count). The molecule has 14 nitrogen and oxygen atoms in total. The molecule has 1 aliphatic heterocycles. The van der Waals surface area contributed by atoms with Gasteiger partial charge in [-0.05, 0) is 87.4 Å². The van der Waals surface area contributed by atoms with Gasteiger partial charge in [-0.15, -0.1) is 0 Å². The number of amides is 2. The zero-order valence-electron chi connectivity index (χ0n) is 31.9. The summed E-state index contributed by atoms with van der Waals surface area (Å²) in [6.07, 6.45) is 0.881. The van der Waals surface area contributed by atoms with Crippen molar-refractivity contribution in [3.63, 3.8) is 0 Å². The molecule has 6 aromatic rings. The Morgan fingerprint density at radius 2 is 1.71 bits per heavy atom. The van der Waals surface area contributed by atoms with Gasteiger partial charge in [0.25, 0.3) is 11.5 Å². The first-order chi connectivity index (χ1) is 27.8. The van der Waals surface area contributed by atoms with Gasteiger partial charge in [0.2, 0.25) is 0 Å². The molecule has 58 heavy (non-hydrogen) atoms. The van der Waals surface area contributed by atoms with E-state index in [1.807, 2.05) is 24.3 Å². The summed E-state index contributed by atoms with van der Waals surface area (Å²) in [4.78, 5) is 44.8. The molecule has 0 aliphatic carbocycles. The second kappa shape index (κ2) is 16.3. The van der Waals surface area contributed by atoms with Crippen LogP contribution in [0.3, 0.4) is 0 Å². The number of halogens is 3. The molecule has 2 amide bonds. The van der Waals surface area contributed by atoms with E-state index < -0.39 is 47.0 Å². The average molecular weight is 797 g/mol. The SMILES string of the molecule is COc1ccc(Cn2nc(N[C@@H]3CCN(C(=O)OC(C)(C)C)C[C@@H]3F)c3c(Oc4ccc(NC(=O)c5ccnn(-c6ccc(F)cc6)c5=O)cc4F)ccnc32)cc1. The standard InChI is InChI=1S/C41H39F3N8O6/c1-41(2,3)58-40(55)50-20-17-32(31(44)23-50)48-36-35-34(16-18-45-37(35)51(49-36)22-24-5-12-28(56-4)13-6-24)57-33-14-9-26(21-30(33)43)47-38(53)29-15-19-46-52(39(29)54)27-10-7-25(42)8-11-27/h5-16,18-19,21,31-32H,17,20,22-23H2,1-4H3,(H,47,53)(H,48,49)/t31-,32+/m0/s1. The Morgan fingerprint density at radius 3 is 2.40 bits per heavy atom. The molecule has 4 heterocycles. The first-order valence-corrected chi connectivity index (χ1v) is 18.3. The lowest BCUT2D eigenvalue weighted by Gasteiger charge is -2.36. The number of alkyl halides is 1. The van der Waals surface area contributed by atoms with Crippen LogP contribution in [0, 0.1) is 11.6 Å². The predicted molar refractivity (Wildman–Crippen MR) is 209 cm³/mol. The van der Waals surface area contributed by atoms with Gasteiger partial charge in [-0.25, -0.2) is 27.6 Å². The second-order valence-electron chi connectivity index (χ2n) is 14.5. The Morgan fingerprint density at radius 1 is 0.948 bits per heavy atom. The maximum Gasteiger partial charge on any atom is 0.410 e. The molecular formula is C41H39F3N8O6. The molecule has 300 valence electrons. The van der Waals surface area contributed by atoms with Crippen molar-refractivity contribution in [3.05, 3.63) is 124 Å². The quantitative estimate of drug-likeness (QED) is 0.147. The summed E-state index contributed by atoms with van der Waals surface area (Å²) in [5.41, 5.74) is -0.273. The van der Waals surface area contributed by atoms with Crippen molar-refractivity contribution in [2.75, 3.05) is 30.8 Å². The number of nitrogens with one attached hydrogen (secondary N) is 2. The number of benzene rings is 3. The smallest absolute Gasteiger partial charge is 0.410 e. The number of rotatable bonds is 10. The molecule has 0 spiro atoms. The minimum Gasteiger partial charge on any atom is -0.497 e. The Hall–Kier alpha value is -6.91. The molecule has 2 atom stereocenters. The highest BCUT2D eigenvalue weighted by atomic mass is 19.1. The highest BCUT2D eigenvalue weighted by molar-refractivity contribution is 6.04. The number of carbonyl (C=O) groups excluding carboxylic acids is 2. The number of hydrogen-bond acceptors (Lipinski definition) is 10. The van der Waals surface area contributed by atoms with Gasteiger partial charge in [-0.3, -0.25) is 9.59 Å². The van der Waals surface area contributed by atoms with Crippen molar-refractivity contribution in [2.24, 2.45) is 0 Å². The Kier molecular flexibility index (Phi) is 11.0. The minimum atomic E-state index is -1.48. The molecular weight excluding hydrogens is 757 g/mol. The van der Waals surface area contributed by atoms with Crippen molar-refractivity contribution in [3.8, 4) is 22.9 Å². The summed E-state index contributed by atoms with van der Waals surface area (Å²) in [6, 6.07) is 18.1. The van der Waals surface area contributed by atoms with Crippen LogP contribution in [0.1, 0.15) is 43.1 Å². The van der Waals surface area contributed by atoms with E-state index in [9.17, 15) is 18.8 Å². The lowest BCUT2D eigenvalue weighted by molar-refractivity contribution is 0.0125. The summed E-state index contributed by atoms with van der Waals surface area (Å²) in [5, 5.41) is 14.8. The molecule has 3 aromatic carbocycles. The van der Waals surface area contributed by atoms with Crippen LogP contribution in [-0.4, -0.2) is 79.5 Å². The first-order valence-electron chi connectivity index (χ1n) is 18.3. The second-order valence-corrected chi connectivity index (χ2v) is 14.5. The van der Waals surface area contributed by atoms with Crippen molar-refractivity contribution in [2.45, 2.75) is 51.6 Å². The summed E-state index contributed by atoms with van der Waals surface area (Å²) in [6.45, 7) is 5.53. The van der Waals surface area contributed by atoms with E-state index in [1.165, 1.54) is 53.7 Å². The third-order valence-electron chi connectivity index (χ3n) is 9.17. The van der Waals surface area contributed by atoms with Crippen LogP contribution in [0.2, 0.25) is 0 Å². The van der Waals surface area contributed by atoms with E-state index >= 15 is 8.78 Å². The van der Waals surface area contributed by atoms with E-state index in [0.29, 0.717) is 16.8 Å². The van der Waals surface area contributed by atoms with Crippen molar-refractivity contribution in [1.82, 2.24) is 29.4 Å². The van der Waals surface area contributed by atoms with Gasteiger partial charge in [0.1, 0.15) is 40.0 Å². The maximum atomic E-state index is 15.8. The lowest BCUT2D eigenvalue weighted by Crippen LogP contribution is -2.51. The molecule has 0 bridgehead atoms. The van der Waals surface area contributed by atoms with Crippen LogP contribution >= 0.6 is 0 Å². The van der Waals surface area contributed by atoms with Gasteiger partial charge in [0, 0.05) is 36.8 Å². The number of piperidine rings is 1.